The van der Waals surface area contributed by atoms with Gasteiger partial charge in [0.25, 0.3) is 5.91 Å². The van der Waals surface area contributed by atoms with E-state index in [1.165, 1.54) is 14.2 Å². The van der Waals surface area contributed by atoms with E-state index in [0.29, 0.717) is 48.8 Å². The first-order valence-electron chi connectivity index (χ1n) is 11.4. The van der Waals surface area contributed by atoms with Gasteiger partial charge in [-0.25, -0.2) is 4.98 Å². The lowest BCUT2D eigenvalue weighted by molar-refractivity contribution is -0.137. The molecule has 3 amide bonds. The van der Waals surface area contributed by atoms with Gasteiger partial charge in [-0.05, 0) is 43.0 Å². The molecule has 1 aliphatic heterocycles. The summed E-state index contributed by atoms with van der Waals surface area (Å²) in [5, 5.41) is 5.70. The lowest BCUT2D eigenvalue weighted by atomic mass is 9.94. The van der Waals surface area contributed by atoms with Crippen molar-refractivity contribution in [1.29, 1.82) is 0 Å². The SMILES string of the molecule is COc1cc(OC)cc(C(=O)NC(C(=O)N2CCC(C(=O)Nc3ccccn3)CC2)C(C)C)c1. The average molecular weight is 469 g/mol. The van der Waals surface area contributed by atoms with Crippen LogP contribution in [0.3, 0.4) is 0 Å². The first-order chi connectivity index (χ1) is 16.3. The summed E-state index contributed by atoms with van der Waals surface area (Å²) in [6.45, 7) is 4.68. The lowest BCUT2D eigenvalue weighted by Gasteiger charge is -2.35. The van der Waals surface area contributed by atoms with Crippen LogP contribution in [0.2, 0.25) is 0 Å². The van der Waals surface area contributed by atoms with Gasteiger partial charge < -0.3 is 25.0 Å². The summed E-state index contributed by atoms with van der Waals surface area (Å²) in [4.78, 5) is 44.6. The third-order valence-corrected chi connectivity index (χ3v) is 5.93. The molecular weight excluding hydrogens is 436 g/mol. The first-order valence-corrected chi connectivity index (χ1v) is 11.4. The van der Waals surface area contributed by atoms with Crippen LogP contribution < -0.4 is 20.1 Å². The van der Waals surface area contributed by atoms with E-state index in [1.807, 2.05) is 19.9 Å². The molecule has 1 aromatic heterocycles. The van der Waals surface area contributed by atoms with E-state index in [-0.39, 0.29) is 29.6 Å². The molecule has 0 aliphatic carbocycles. The number of hydrogen-bond donors (Lipinski definition) is 2. The van der Waals surface area contributed by atoms with Crippen LogP contribution in [-0.2, 0) is 9.59 Å². The Kier molecular flexibility index (Phi) is 8.45. The normalized spacial score (nSPS) is 14.9. The van der Waals surface area contributed by atoms with E-state index in [4.69, 9.17) is 9.47 Å². The maximum atomic E-state index is 13.3. The third-order valence-electron chi connectivity index (χ3n) is 5.93. The monoisotopic (exact) mass is 468 g/mol. The molecule has 0 bridgehead atoms. The number of amides is 3. The number of anilines is 1. The molecule has 9 heteroatoms. The number of methoxy groups -OCH3 is 2. The Morgan fingerprint density at radius 1 is 1.03 bits per heavy atom. The number of nitrogens with zero attached hydrogens (tertiary/aromatic N) is 2. The number of rotatable bonds is 8. The van der Waals surface area contributed by atoms with Gasteiger partial charge in [0.15, 0.2) is 0 Å². The fraction of sp³-hybridized carbons (Fsp3) is 0.440. The predicted octanol–water partition coefficient (Wildman–Crippen LogP) is 2.73. The fourth-order valence-corrected chi connectivity index (χ4v) is 3.90. The Morgan fingerprint density at radius 2 is 1.68 bits per heavy atom. The molecule has 2 aromatic rings. The number of benzene rings is 1. The molecule has 0 saturated carbocycles. The number of ether oxygens (including phenoxy) is 2. The second-order valence-electron chi connectivity index (χ2n) is 8.60. The zero-order chi connectivity index (χ0) is 24.7. The molecule has 0 spiro atoms. The fourth-order valence-electron chi connectivity index (χ4n) is 3.90. The van der Waals surface area contributed by atoms with E-state index in [9.17, 15) is 14.4 Å². The molecule has 9 nitrogen and oxygen atoms in total. The maximum Gasteiger partial charge on any atom is 0.252 e. The molecule has 182 valence electrons. The minimum Gasteiger partial charge on any atom is -0.497 e. The molecule has 1 atom stereocenters. The Balaban J connectivity index is 1.61. The van der Waals surface area contributed by atoms with Crippen molar-refractivity contribution in [1.82, 2.24) is 15.2 Å². The van der Waals surface area contributed by atoms with Crippen molar-refractivity contribution < 1.29 is 23.9 Å². The zero-order valence-corrected chi connectivity index (χ0v) is 20.0. The molecule has 0 radical (unpaired) electrons. The van der Waals surface area contributed by atoms with Crippen LogP contribution in [0, 0.1) is 11.8 Å². The number of pyridine rings is 1. The molecule has 34 heavy (non-hydrogen) atoms. The number of likely N-dealkylation sites (tertiary alicyclic amines) is 1. The summed E-state index contributed by atoms with van der Waals surface area (Å²) >= 11 is 0. The molecule has 3 rings (SSSR count). The van der Waals surface area contributed by atoms with Crippen LogP contribution in [0.25, 0.3) is 0 Å². The van der Waals surface area contributed by atoms with Gasteiger partial charge in [-0.3, -0.25) is 14.4 Å². The quantitative estimate of drug-likeness (QED) is 0.617. The third kappa shape index (κ3) is 6.24. The van der Waals surface area contributed by atoms with Gasteiger partial charge in [0, 0.05) is 36.8 Å². The van der Waals surface area contributed by atoms with Gasteiger partial charge in [-0.15, -0.1) is 0 Å². The van der Waals surface area contributed by atoms with E-state index >= 15 is 0 Å². The Hall–Kier alpha value is -3.62. The molecule has 1 aliphatic rings. The highest BCUT2D eigenvalue weighted by molar-refractivity contribution is 5.98. The number of carbonyl (C=O) groups is 3. The minimum absolute atomic E-state index is 0.0912. The van der Waals surface area contributed by atoms with Crippen molar-refractivity contribution in [2.24, 2.45) is 11.8 Å². The summed E-state index contributed by atoms with van der Waals surface area (Å²) in [5.74, 6) is 0.562. The maximum absolute atomic E-state index is 13.3. The molecule has 1 saturated heterocycles. The second-order valence-corrected chi connectivity index (χ2v) is 8.60. The van der Waals surface area contributed by atoms with Crippen LogP contribution in [0.15, 0.2) is 42.6 Å². The number of carbonyl (C=O) groups excluding carboxylic acids is 3. The zero-order valence-electron chi connectivity index (χ0n) is 20.0. The van der Waals surface area contributed by atoms with E-state index in [1.54, 1.807) is 41.4 Å². The molecule has 1 aromatic carbocycles. The summed E-state index contributed by atoms with van der Waals surface area (Å²) in [5.41, 5.74) is 0.347. The molecule has 1 fully saturated rings. The van der Waals surface area contributed by atoms with Crippen molar-refractivity contribution in [2.45, 2.75) is 32.7 Å². The number of aromatic nitrogens is 1. The minimum atomic E-state index is -0.691. The Morgan fingerprint density at radius 3 is 2.21 bits per heavy atom. The summed E-state index contributed by atoms with van der Waals surface area (Å²) in [6.07, 6.45) is 2.73. The highest BCUT2D eigenvalue weighted by Crippen LogP contribution is 2.24. The van der Waals surface area contributed by atoms with E-state index < -0.39 is 6.04 Å². The van der Waals surface area contributed by atoms with Crippen molar-refractivity contribution in [3.63, 3.8) is 0 Å². The Labute approximate surface area is 199 Å². The molecule has 2 heterocycles. The number of piperidine rings is 1. The van der Waals surface area contributed by atoms with Crippen molar-refractivity contribution in [3.8, 4) is 11.5 Å². The van der Waals surface area contributed by atoms with Gasteiger partial charge in [-0.2, -0.15) is 0 Å². The van der Waals surface area contributed by atoms with Gasteiger partial charge >= 0.3 is 0 Å². The second kappa shape index (κ2) is 11.5. The summed E-state index contributed by atoms with van der Waals surface area (Å²) < 4.78 is 10.5. The largest absolute Gasteiger partial charge is 0.497 e. The van der Waals surface area contributed by atoms with Crippen LogP contribution in [0.4, 0.5) is 5.82 Å². The molecule has 1 unspecified atom stereocenters. The topological polar surface area (TPSA) is 110 Å². The molecular formula is C25H32N4O5. The van der Waals surface area contributed by atoms with Crippen molar-refractivity contribution >= 4 is 23.5 Å². The smallest absolute Gasteiger partial charge is 0.252 e. The summed E-state index contributed by atoms with van der Waals surface area (Å²) in [7, 11) is 3.02. The average Bonchev–Trinajstić information content (AvgIpc) is 2.86. The van der Waals surface area contributed by atoms with Gasteiger partial charge in [0.05, 0.1) is 14.2 Å². The van der Waals surface area contributed by atoms with Crippen LogP contribution in [0.5, 0.6) is 11.5 Å². The van der Waals surface area contributed by atoms with Gasteiger partial charge in [0.2, 0.25) is 11.8 Å². The van der Waals surface area contributed by atoms with Crippen LogP contribution >= 0.6 is 0 Å². The van der Waals surface area contributed by atoms with Gasteiger partial charge in [0.1, 0.15) is 23.4 Å². The van der Waals surface area contributed by atoms with E-state index in [0.717, 1.165) is 0 Å². The standard InChI is InChI=1S/C25H32N4O5/c1-16(2)22(28-24(31)18-13-19(33-3)15-20(14-18)34-4)25(32)29-11-8-17(9-12-29)23(30)27-21-7-5-6-10-26-21/h5-7,10,13-17,22H,8-9,11-12H2,1-4H3,(H,28,31)(H,26,27,30). The Bertz CT molecular complexity index is 981. The van der Waals surface area contributed by atoms with Crippen LogP contribution in [0.1, 0.15) is 37.0 Å². The van der Waals surface area contributed by atoms with Crippen molar-refractivity contribution in [2.75, 3.05) is 32.6 Å². The highest BCUT2D eigenvalue weighted by Gasteiger charge is 2.33. The van der Waals surface area contributed by atoms with Crippen molar-refractivity contribution in [3.05, 3.63) is 48.2 Å². The number of nitrogens with one attached hydrogen (secondary N) is 2. The lowest BCUT2D eigenvalue weighted by Crippen LogP contribution is -2.53. The van der Waals surface area contributed by atoms with Gasteiger partial charge in [-0.1, -0.05) is 19.9 Å². The summed E-state index contributed by atoms with van der Waals surface area (Å²) in [6, 6.07) is 9.53. The number of hydrogen-bond acceptors (Lipinski definition) is 6. The predicted molar refractivity (Wildman–Crippen MR) is 128 cm³/mol. The van der Waals surface area contributed by atoms with Crippen LogP contribution in [-0.4, -0.2) is 61.0 Å². The molecule has 2 N–H and O–H groups in total. The van der Waals surface area contributed by atoms with E-state index in [2.05, 4.69) is 15.6 Å². The first kappa shape index (κ1) is 25.0. The highest BCUT2D eigenvalue weighted by atomic mass is 16.5.